The van der Waals surface area contributed by atoms with Crippen LogP contribution in [0.1, 0.15) is 26.7 Å². The first-order valence-electron chi connectivity index (χ1n) is 5.53. The number of esters is 1. The Hall–Kier alpha value is -2.01. The van der Waals surface area contributed by atoms with Crippen molar-refractivity contribution in [3.8, 4) is 0 Å². The maximum absolute atomic E-state index is 12.3. The van der Waals surface area contributed by atoms with Crippen LogP contribution in [-0.2, 0) is 4.74 Å². The molecule has 0 aliphatic carbocycles. The highest BCUT2D eigenvalue weighted by Gasteiger charge is 2.19. The van der Waals surface area contributed by atoms with E-state index in [1.165, 1.54) is 31.0 Å². The molecule has 0 bridgehead atoms. The second kappa shape index (κ2) is 5.75. The Morgan fingerprint density at radius 2 is 1.79 bits per heavy atom. The normalized spacial score (nSPS) is 10.2. The van der Waals surface area contributed by atoms with Crippen LogP contribution in [0, 0.1) is 0 Å². The monoisotopic (exact) mass is 276 g/mol. The maximum atomic E-state index is 12.3. The van der Waals surface area contributed by atoms with Gasteiger partial charge in [0.15, 0.2) is 5.76 Å². The molecule has 0 aliphatic rings. The molecule has 19 heavy (non-hydrogen) atoms. The second-order valence-electron chi connectivity index (χ2n) is 3.68. The Morgan fingerprint density at radius 3 is 2.47 bits per heavy atom. The molecule has 0 aliphatic heterocycles. The summed E-state index contributed by atoms with van der Waals surface area (Å²) in [5.74, 6) is -0.702. The third kappa shape index (κ3) is 2.71. The summed E-state index contributed by atoms with van der Waals surface area (Å²) < 4.78 is 9.75. The first-order chi connectivity index (χ1) is 9.17. The molecule has 0 amide bonds. The van der Waals surface area contributed by atoms with Crippen LogP contribution in [0.25, 0.3) is 0 Å². The lowest BCUT2D eigenvalue weighted by molar-refractivity contribution is 0.0563. The molecular formula is C14H12O4S. The highest BCUT2D eigenvalue weighted by Crippen LogP contribution is 2.23. The molecule has 1 aromatic heterocycles. The maximum Gasteiger partial charge on any atom is 0.373 e. The molecule has 4 nitrogen and oxygen atoms in total. The van der Waals surface area contributed by atoms with E-state index >= 15 is 0 Å². The van der Waals surface area contributed by atoms with Crippen molar-refractivity contribution in [2.45, 2.75) is 4.90 Å². The zero-order valence-corrected chi connectivity index (χ0v) is 11.3. The van der Waals surface area contributed by atoms with E-state index in [0.717, 1.165) is 4.90 Å². The van der Waals surface area contributed by atoms with Crippen molar-refractivity contribution >= 4 is 23.5 Å². The number of hydrogen-bond acceptors (Lipinski definition) is 5. The van der Waals surface area contributed by atoms with Gasteiger partial charge < -0.3 is 9.15 Å². The minimum atomic E-state index is -0.600. The molecule has 0 saturated carbocycles. The van der Waals surface area contributed by atoms with Crippen molar-refractivity contribution < 1.29 is 18.7 Å². The van der Waals surface area contributed by atoms with Crippen LogP contribution in [0.15, 0.2) is 45.7 Å². The predicted octanol–water partition coefficient (Wildman–Crippen LogP) is 3.02. The van der Waals surface area contributed by atoms with Crippen molar-refractivity contribution in [3.63, 3.8) is 0 Å². The van der Waals surface area contributed by atoms with E-state index in [4.69, 9.17) is 4.42 Å². The Morgan fingerprint density at radius 1 is 1.11 bits per heavy atom. The minimum absolute atomic E-state index is 0.0208. The van der Waals surface area contributed by atoms with Crippen LogP contribution in [0.3, 0.4) is 0 Å². The Kier molecular flexibility index (Phi) is 4.06. The van der Waals surface area contributed by atoms with Gasteiger partial charge in [-0.1, -0.05) is 12.1 Å². The number of carbonyl (C=O) groups excluding carboxylic acids is 2. The standard InChI is InChI=1S/C14H12O4S/c1-17-14(16)11-8-7-10(18-11)13(15)9-5-3-4-6-12(9)19-2/h3-8H,1-2H3. The van der Waals surface area contributed by atoms with Gasteiger partial charge in [0.2, 0.25) is 11.5 Å². The molecule has 2 rings (SSSR count). The third-order valence-electron chi connectivity index (χ3n) is 2.57. The summed E-state index contributed by atoms with van der Waals surface area (Å²) in [7, 11) is 1.26. The van der Waals surface area contributed by atoms with Crippen molar-refractivity contribution in [3.05, 3.63) is 53.5 Å². The van der Waals surface area contributed by atoms with Crippen LogP contribution in [0.4, 0.5) is 0 Å². The van der Waals surface area contributed by atoms with Crippen molar-refractivity contribution in [1.29, 1.82) is 0 Å². The third-order valence-corrected chi connectivity index (χ3v) is 3.36. The van der Waals surface area contributed by atoms with Gasteiger partial charge in [0.1, 0.15) is 0 Å². The molecule has 0 radical (unpaired) electrons. The van der Waals surface area contributed by atoms with Gasteiger partial charge in [-0.3, -0.25) is 4.79 Å². The van der Waals surface area contributed by atoms with E-state index in [-0.39, 0.29) is 17.3 Å². The van der Waals surface area contributed by atoms with E-state index < -0.39 is 5.97 Å². The first-order valence-corrected chi connectivity index (χ1v) is 6.75. The number of ketones is 1. The van der Waals surface area contributed by atoms with Crippen LogP contribution in [0.5, 0.6) is 0 Å². The summed E-state index contributed by atoms with van der Waals surface area (Å²) in [6.45, 7) is 0. The largest absolute Gasteiger partial charge is 0.463 e. The zero-order valence-electron chi connectivity index (χ0n) is 10.5. The van der Waals surface area contributed by atoms with E-state index in [9.17, 15) is 9.59 Å². The SMILES string of the molecule is COC(=O)c1ccc(C(=O)c2ccccc2SC)o1. The van der Waals surface area contributed by atoms with E-state index in [1.807, 2.05) is 18.4 Å². The molecule has 1 heterocycles. The number of hydrogen-bond donors (Lipinski definition) is 0. The Labute approximate surface area is 114 Å². The average molecular weight is 276 g/mol. The average Bonchev–Trinajstić information content (AvgIpc) is 2.95. The van der Waals surface area contributed by atoms with Crippen molar-refractivity contribution in [1.82, 2.24) is 0 Å². The smallest absolute Gasteiger partial charge is 0.373 e. The number of ether oxygens (including phenoxy) is 1. The van der Waals surface area contributed by atoms with Crippen LogP contribution < -0.4 is 0 Å². The lowest BCUT2D eigenvalue weighted by Gasteiger charge is -2.03. The summed E-state index contributed by atoms with van der Waals surface area (Å²) in [5, 5.41) is 0. The number of carbonyl (C=O) groups is 2. The second-order valence-corrected chi connectivity index (χ2v) is 4.53. The molecule has 0 atom stereocenters. The molecule has 2 aromatic rings. The summed E-state index contributed by atoms with van der Waals surface area (Å²) in [5.41, 5.74) is 0.556. The Bertz CT molecular complexity index is 615. The molecule has 5 heteroatoms. The zero-order chi connectivity index (χ0) is 13.8. The van der Waals surface area contributed by atoms with E-state index in [1.54, 1.807) is 12.1 Å². The van der Waals surface area contributed by atoms with Gasteiger partial charge >= 0.3 is 5.97 Å². The fraction of sp³-hybridized carbons (Fsp3) is 0.143. The summed E-state index contributed by atoms with van der Waals surface area (Å²) >= 11 is 1.48. The minimum Gasteiger partial charge on any atom is -0.463 e. The van der Waals surface area contributed by atoms with Gasteiger partial charge in [0, 0.05) is 10.5 Å². The fourth-order valence-electron chi connectivity index (χ4n) is 1.64. The fourth-order valence-corrected chi connectivity index (χ4v) is 2.23. The van der Waals surface area contributed by atoms with Crippen molar-refractivity contribution in [2.75, 3.05) is 13.4 Å². The molecule has 0 N–H and O–H groups in total. The highest BCUT2D eigenvalue weighted by atomic mass is 32.2. The molecular weight excluding hydrogens is 264 g/mol. The van der Waals surface area contributed by atoms with Gasteiger partial charge in [-0.05, 0) is 30.5 Å². The van der Waals surface area contributed by atoms with Gasteiger partial charge in [0.05, 0.1) is 7.11 Å². The van der Waals surface area contributed by atoms with Crippen LogP contribution >= 0.6 is 11.8 Å². The molecule has 0 unspecified atom stereocenters. The lowest BCUT2D eigenvalue weighted by atomic mass is 10.1. The number of methoxy groups -OCH3 is 1. The summed E-state index contributed by atoms with van der Waals surface area (Å²) in [4.78, 5) is 24.4. The molecule has 0 fully saturated rings. The highest BCUT2D eigenvalue weighted by molar-refractivity contribution is 7.98. The molecule has 0 spiro atoms. The van der Waals surface area contributed by atoms with Gasteiger partial charge in [0.25, 0.3) is 0 Å². The molecule has 98 valence electrons. The summed E-state index contributed by atoms with van der Waals surface area (Å²) in [6, 6.07) is 10.2. The lowest BCUT2D eigenvalue weighted by Crippen LogP contribution is -2.02. The number of thioether (sulfide) groups is 1. The number of rotatable bonds is 4. The van der Waals surface area contributed by atoms with Crippen LogP contribution in [-0.4, -0.2) is 25.1 Å². The van der Waals surface area contributed by atoms with Crippen LogP contribution in [0.2, 0.25) is 0 Å². The van der Waals surface area contributed by atoms with Gasteiger partial charge in [-0.2, -0.15) is 0 Å². The van der Waals surface area contributed by atoms with E-state index in [0.29, 0.717) is 5.56 Å². The summed E-state index contributed by atoms with van der Waals surface area (Å²) in [6.07, 6.45) is 1.90. The first kappa shape index (κ1) is 13.4. The molecule has 0 saturated heterocycles. The Balaban J connectivity index is 2.34. The topological polar surface area (TPSA) is 56.5 Å². The molecule has 1 aromatic carbocycles. The van der Waals surface area contributed by atoms with Gasteiger partial charge in [-0.25, -0.2) is 4.79 Å². The van der Waals surface area contributed by atoms with E-state index in [2.05, 4.69) is 4.74 Å². The predicted molar refractivity (Wildman–Crippen MR) is 71.7 cm³/mol. The van der Waals surface area contributed by atoms with Crippen molar-refractivity contribution in [2.24, 2.45) is 0 Å². The van der Waals surface area contributed by atoms with Gasteiger partial charge in [-0.15, -0.1) is 11.8 Å². The number of furan rings is 1. The number of benzene rings is 1. The quantitative estimate of drug-likeness (QED) is 0.488.